The molecule has 2 heteroatoms. The van der Waals surface area contributed by atoms with Crippen LogP contribution in [0.3, 0.4) is 0 Å². The summed E-state index contributed by atoms with van der Waals surface area (Å²) in [4.78, 5) is 11.5. The zero-order chi connectivity index (χ0) is 11.3. The Morgan fingerprint density at radius 3 is 2.87 bits per heavy atom. The lowest BCUT2D eigenvalue weighted by molar-refractivity contribution is -0.145. The summed E-state index contributed by atoms with van der Waals surface area (Å²) >= 11 is 0. The minimum Gasteiger partial charge on any atom is -0.466 e. The topological polar surface area (TPSA) is 26.3 Å². The first-order valence-electron chi connectivity index (χ1n) is 5.71. The van der Waals surface area contributed by atoms with E-state index in [2.05, 4.69) is 12.7 Å². The second-order valence-corrected chi connectivity index (χ2v) is 3.97. The third-order valence-corrected chi connectivity index (χ3v) is 2.87. The molecule has 0 aromatic rings. The number of carbonyl (C=O) groups excluding carboxylic acids is 1. The SMILES string of the molecule is C=C(C1=CCCCC1)C(C)C(=O)OCC. The molecule has 0 aromatic heterocycles. The molecular formula is C13H20O2. The summed E-state index contributed by atoms with van der Waals surface area (Å²) in [6.45, 7) is 8.15. The lowest BCUT2D eigenvalue weighted by Crippen LogP contribution is -2.17. The molecule has 0 saturated carbocycles. The van der Waals surface area contributed by atoms with E-state index in [0.717, 1.165) is 18.4 Å². The van der Waals surface area contributed by atoms with E-state index in [1.807, 2.05) is 13.8 Å². The molecule has 15 heavy (non-hydrogen) atoms. The van der Waals surface area contributed by atoms with Gasteiger partial charge in [-0.2, -0.15) is 0 Å². The van der Waals surface area contributed by atoms with E-state index >= 15 is 0 Å². The van der Waals surface area contributed by atoms with Crippen LogP contribution in [0, 0.1) is 5.92 Å². The van der Waals surface area contributed by atoms with Crippen molar-refractivity contribution in [2.24, 2.45) is 5.92 Å². The van der Waals surface area contributed by atoms with Gasteiger partial charge in [0.1, 0.15) is 0 Å². The minimum absolute atomic E-state index is 0.158. The molecule has 2 nitrogen and oxygen atoms in total. The molecule has 0 fully saturated rings. The number of ether oxygens (including phenoxy) is 1. The third-order valence-electron chi connectivity index (χ3n) is 2.87. The molecule has 0 spiro atoms. The van der Waals surface area contributed by atoms with Crippen molar-refractivity contribution in [2.45, 2.75) is 39.5 Å². The summed E-state index contributed by atoms with van der Waals surface area (Å²) in [6.07, 6.45) is 6.85. The van der Waals surface area contributed by atoms with Gasteiger partial charge in [0.05, 0.1) is 12.5 Å². The summed E-state index contributed by atoms with van der Waals surface area (Å²) in [5, 5.41) is 0. The highest BCUT2D eigenvalue weighted by Gasteiger charge is 2.20. The van der Waals surface area contributed by atoms with Gasteiger partial charge >= 0.3 is 5.97 Å². The molecule has 1 aliphatic carbocycles. The first-order chi connectivity index (χ1) is 7.16. The molecule has 0 bridgehead atoms. The van der Waals surface area contributed by atoms with Crippen LogP contribution in [-0.4, -0.2) is 12.6 Å². The van der Waals surface area contributed by atoms with Crippen molar-refractivity contribution in [2.75, 3.05) is 6.61 Å². The molecule has 84 valence electrons. The van der Waals surface area contributed by atoms with Gasteiger partial charge in [-0.25, -0.2) is 0 Å². The number of esters is 1. The first kappa shape index (κ1) is 12.0. The minimum atomic E-state index is -0.200. The fourth-order valence-electron chi connectivity index (χ4n) is 1.82. The first-order valence-corrected chi connectivity index (χ1v) is 5.71. The van der Waals surface area contributed by atoms with Crippen LogP contribution in [0.4, 0.5) is 0 Å². The van der Waals surface area contributed by atoms with E-state index < -0.39 is 0 Å². The van der Waals surface area contributed by atoms with E-state index in [9.17, 15) is 4.79 Å². The van der Waals surface area contributed by atoms with Gasteiger partial charge in [-0.3, -0.25) is 4.79 Å². The summed E-state index contributed by atoms with van der Waals surface area (Å²) in [5.41, 5.74) is 2.19. The van der Waals surface area contributed by atoms with Crippen LogP contribution in [-0.2, 0) is 9.53 Å². The highest BCUT2D eigenvalue weighted by atomic mass is 16.5. The van der Waals surface area contributed by atoms with Crippen molar-refractivity contribution in [1.82, 2.24) is 0 Å². The fraction of sp³-hybridized carbons (Fsp3) is 0.615. The molecule has 1 rings (SSSR count). The Balaban J connectivity index is 2.59. The largest absolute Gasteiger partial charge is 0.466 e. The van der Waals surface area contributed by atoms with Gasteiger partial charge in [0, 0.05) is 0 Å². The van der Waals surface area contributed by atoms with E-state index in [-0.39, 0.29) is 11.9 Å². The van der Waals surface area contributed by atoms with Crippen molar-refractivity contribution in [3.63, 3.8) is 0 Å². The number of hydrogen-bond acceptors (Lipinski definition) is 2. The Morgan fingerprint density at radius 1 is 1.60 bits per heavy atom. The van der Waals surface area contributed by atoms with E-state index in [4.69, 9.17) is 4.74 Å². The zero-order valence-electron chi connectivity index (χ0n) is 9.71. The zero-order valence-corrected chi connectivity index (χ0v) is 9.71. The Kier molecular flexibility index (Phi) is 4.60. The average molecular weight is 208 g/mol. The molecule has 0 aliphatic heterocycles. The molecule has 0 heterocycles. The quantitative estimate of drug-likeness (QED) is 0.663. The molecule has 1 unspecified atom stereocenters. The molecule has 0 saturated heterocycles. The molecule has 1 atom stereocenters. The van der Waals surface area contributed by atoms with Crippen LogP contribution in [0.25, 0.3) is 0 Å². The fourth-order valence-corrected chi connectivity index (χ4v) is 1.82. The molecule has 0 N–H and O–H groups in total. The van der Waals surface area contributed by atoms with Crippen molar-refractivity contribution in [1.29, 1.82) is 0 Å². The molecule has 0 radical (unpaired) electrons. The van der Waals surface area contributed by atoms with Gasteiger partial charge in [0.15, 0.2) is 0 Å². The summed E-state index contributed by atoms with van der Waals surface area (Å²) in [6, 6.07) is 0. The van der Waals surface area contributed by atoms with Crippen LogP contribution in [0.15, 0.2) is 23.8 Å². The smallest absolute Gasteiger partial charge is 0.313 e. The number of allylic oxidation sites excluding steroid dienone is 2. The van der Waals surface area contributed by atoms with Crippen LogP contribution in [0.2, 0.25) is 0 Å². The van der Waals surface area contributed by atoms with Crippen molar-refractivity contribution >= 4 is 5.97 Å². The number of rotatable bonds is 4. The average Bonchev–Trinajstić information content (AvgIpc) is 2.28. The monoisotopic (exact) mass is 208 g/mol. The molecule has 0 aromatic carbocycles. The lowest BCUT2D eigenvalue weighted by atomic mass is 9.88. The highest BCUT2D eigenvalue weighted by molar-refractivity contribution is 5.76. The van der Waals surface area contributed by atoms with Crippen molar-refractivity contribution in [3.05, 3.63) is 23.8 Å². The van der Waals surface area contributed by atoms with Gasteiger partial charge in [-0.15, -0.1) is 0 Å². The number of hydrogen-bond donors (Lipinski definition) is 0. The predicted octanol–water partition coefficient (Wildman–Crippen LogP) is 3.24. The van der Waals surface area contributed by atoms with Gasteiger partial charge in [-0.05, 0) is 50.7 Å². The van der Waals surface area contributed by atoms with Crippen LogP contribution < -0.4 is 0 Å². The van der Waals surface area contributed by atoms with Gasteiger partial charge < -0.3 is 4.74 Å². The summed E-state index contributed by atoms with van der Waals surface area (Å²) < 4.78 is 4.99. The van der Waals surface area contributed by atoms with Crippen molar-refractivity contribution in [3.8, 4) is 0 Å². The van der Waals surface area contributed by atoms with E-state index in [1.54, 1.807) is 0 Å². The Labute approximate surface area is 92.0 Å². The van der Waals surface area contributed by atoms with Crippen LogP contribution in [0.1, 0.15) is 39.5 Å². The maximum Gasteiger partial charge on any atom is 0.313 e. The van der Waals surface area contributed by atoms with Crippen LogP contribution in [0.5, 0.6) is 0 Å². The second-order valence-electron chi connectivity index (χ2n) is 3.97. The maximum atomic E-state index is 11.5. The van der Waals surface area contributed by atoms with E-state index in [1.165, 1.54) is 18.4 Å². The highest BCUT2D eigenvalue weighted by Crippen LogP contribution is 2.27. The molecule has 1 aliphatic rings. The Bertz CT molecular complexity index is 276. The third kappa shape index (κ3) is 3.22. The summed E-state index contributed by atoms with van der Waals surface area (Å²) in [7, 11) is 0. The Morgan fingerprint density at radius 2 is 2.33 bits per heavy atom. The standard InChI is InChI=1S/C13H20O2/c1-4-15-13(14)11(3)10(2)12-8-6-5-7-9-12/h8,11H,2,4-7,9H2,1,3H3. The van der Waals surface area contributed by atoms with Gasteiger partial charge in [0.2, 0.25) is 0 Å². The second kappa shape index (κ2) is 5.74. The summed E-state index contributed by atoms with van der Waals surface area (Å²) in [5.74, 6) is -0.358. The van der Waals surface area contributed by atoms with Gasteiger partial charge in [0.25, 0.3) is 0 Å². The predicted molar refractivity (Wildman–Crippen MR) is 61.5 cm³/mol. The Hall–Kier alpha value is -1.05. The lowest BCUT2D eigenvalue weighted by Gasteiger charge is -2.19. The van der Waals surface area contributed by atoms with Crippen LogP contribution >= 0.6 is 0 Å². The normalized spacial score (nSPS) is 17.9. The van der Waals surface area contributed by atoms with Gasteiger partial charge in [-0.1, -0.05) is 12.7 Å². The number of carbonyl (C=O) groups is 1. The molecular weight excluding hydrogens is 188 g/mol. The molecule has 0 amide bonds. The van der Waals surface area contributed by atoms with E-state index in [0.29, 0.717) is 6.61 Å². The van der Waals surface area contributed by atoms with Crippen molar-refractivity contribution < 1.29 is 9.53 Å². The maximum absolute atomic E-state index is 11.5.